The van der Waals surface area contributed by atoms with Crippen LogP contribution in [0.25, 0.3) is 0 Å². The summed E-state index contributed by atoms with van der Waals surface area (Å²) < 4.78 is 0. The zero-order chi connectivity index (χ0) is 9.98. The minimum absolute atomic E-state index is 0. The zero-order valence-electron chi connectivity index (χ0n) is 8.87. The van der Waals surface area contributed by atoms with Crippen LogP contribution in [0.2, 0.25) is 0 Å². The van der Waals surface area contributed by atoms with E-state index in [0.717, 1.165) is 0 Å². The van der Waals surface area contributed by atoms with Crippen molar-refractivity contribution in [3.05, 3.63) is 0 Å². The van der Waals surface area contributed by atoms with Crippen molar-refractivity contribution < 1.29 is 0 Å². The Labute approximate surface area is 119 Å². The van der Waals surface area contributed by atoms with Gasteiger partial charge in [0.05, 0.1) is 0 Å². The van der Waals surface area contributed by atoms with Gasteiger partial charge in [0.1, 0.15) is 0 Å². The van der Waals surface area contributed by atoms with Crippen molar-refractivity contribution in [2.75, 3.05) is 28.2 Å². The van der Waals surface area contributed by atoms with Crippen LogP contribution in [0, 0.1) is 0 Å². The van der Waals surface area contributed by atoms with Gasteiger partial charge in [0.2, 0.25) is 0 Å². The summed E-state index contributed by atoms with van der Waals surface area (Å²) in [4.78, 5) is 7.18. The number of nitrogens with one attached hydrogen (secondary N) is 2. The first-order valence-corrected chi connectivity index (χ1v) is 3.42. The first kappa shape index (κ1) is 23.7. The normalized spacial score (nSPS) is 9.71. The Kier molecular flexibility index (Phi) is 31.6. The summed E-state index contributed by atoms with van der Waals surface area (Å²) in [6.07, 6.45) is 0. The Morgan fingerprint density at radius 3 is 1.07 bits per heavy atom. The molecule has 0 heterocycles. The van der Waals surface area contributed by atoms with E-state index in [1.807, 2.05) is 0 Å². The van der Waals surface area contributed by atoms with Gasteiger partial charge in [0.25, 0.3) is 0 Å². The summed E-state index contributed by atoms with van der Waals surface area (Å²) in [7, 11) is 6.71. The molecule has 0 saturated heterocycles. The molecule has 14 heavy (non-hydrogen) atoms. The van der Waals surface area contributed by atoms with Gasteiger partial charge in [-0.2, -0.15) is 0 Å². The predicted molar refractivity (Wildman–Crippen MR) is 84.0 cm³/mol. The second-order valence-electron chi connectivity index (χ2n) is 1.72. The van der Waals surface area contributed by atoms with Crippen molar-refractivity contribution in [2.45, 2.75) is 0 Å². The molecule has 0 amide bonds. The molecular weight excluding hydrogens is 410 g/mol. The average molecular weight is 430 g/mol. The smallest absolute Gasteiger partial charge is 0.188 e. The zero-order valence-corrected chi connectivity index (χ0v) is 13.5. The molecule has 8 heteroatoms. The number of aliphatic imine (C=N–C) groups is 2. The Hall–Kier alpha value is 0. The molecule has 0 saturated carbocycles. The number of hydrogen-bond acceptors (Lipinski definition) is 2. The SMILES string of the molecule is CN=C(N)NC.CN=C(N)NC.I.I. The van der Waals surface area contributed by atoms with Crippen molar-refractivity contribution in [2.24, 2.45) is 21.5 Å². The molecule has 0 rings (SSSR count). The minimum atomic E-state index is 0. The fourth-order valence-electron chi connectivity index (χ4n) is 0.224. The van der Waals surface area contributed by atoms with Gasteiger partial charge in [-0.1, -0.05) is 0 Å². The lowest BCUT2D eigenvalue weighted by molar-refractivity contribution is 1.12. The summed E-state index contributed by atoms with van der Waals surface area (Å²) >= 11 is 0. The Morgan fingerprint density at radius 1 is 0.857 bits per heavy atom. The lowest BCUT2D eigenvalue weighted by Crippen LogP contribution is -2.27. The molecule has 0 spiro atoms. The van der Waals surface area contributed by atoms with Crippen LogP contribution >= 0.6 is 48.0 Å². The largest absolute Gasteiger partial charge is 0.370 e. The molecule has 0 aliphatic carbocycles. The van der Waals surface area contributed by atoms with Crippen LogP contribution in [0.3, 0.4) is 0 Å². The number of rotatable bonds is 0. The van der Waals surface area contributed by atoms with Crippen LogP contribution in [-0.2, 0) is 0 Å². The molecule has 0 aliphatic rings. The fraction of sp³-hybridized carbons (Fsp3) is 0.667. The highest BCUT2D eigenvalue weighted by molar-refractivity contribution is 14.0. The maximum absolute atomic E-state index is 5.11. The number of guanidine groups is 2. The van der Waals surface area contributed by atoms with E-state index in [1.54, 1.807) is 28.2 Å². The van der Waals surface area contributed by atoms with Crippen molar-refractivity contribution in [3.63, 3.8) is 0 Å². The van der Waals surface area contributed by atoms with Gasteiger partial charge >= 0.3 is 0 Å². The molecule has 0 aromatic heterocycles. The highest BCUT2D eigenvalue weighted by atomic mass is 127. The molecule has 0 fully saturated rings. The van der Waals surface area contributed by atoms with Crippen LogP contribution in [0.4, 0.5) is 0 Å². The van der Waals surface area contributed by atoms with Gasteiger partial charge in [0.15, 0.2) is 11.9 Å². The van der Waals surface area contributed by atoms with Crippen molar-refractivity contribution >= 4 is 59.9 Å². The number of nitrogens with two attached hydrogens (primary N) is 2. The fourth-order valence-corrected chi connectivity index (χ4v) is 0.224. The quantitative estimate of drug-likeness (QED) is 0.238. The number of halogens is 2. The van der Waals surface area contributed by atoms with Crippen LogP contribution in [0.15, 0.2) is 9.98 Å². The van der Waals surface area contributed by atoms with E-state index in [2.05, 4.69) is 20.6 Å². The van der Waals surface area contributed by atoms with Gasteiger partial charge in [-0.25, -0.2) is 0 Å². The van der Waals surface area contributed by atoms with Gasteiger partial charge in [0, 0.05) is 28.2 Å². The molecule has 0 bridgehead atoms. The highest BCUT2D eigenvalue weighted by Crippen LogP contribution is 1.48. The lowest BCUT2D eigenvalue weighted by atomic mass is 11.0. The van der Waals surface area contributed by atoms with E-state index in [-0.39, 0.29) is 48.0 Å². The first-order valence-electron chi connectivity index (χ1n) is 3.42. The van der Waals surface area contributed by atoms with Crippen molar-refractivity contribution in [3.8, 4) is 0 Å². The Balaban J connectivity index is -0.0000000625. The number of hydrogen-bond donors (Lipinski definition) is 4. The monoisotopic (exact) mass is 430 g/mol. The molecular formula is C6H20I2N6. The third-order valence-electron chi connectivity index (χ3n) is 0.994. The van der Waals surface area contributed by atoms with E-state index in [1.165, 1.54) is 0 Å². The Morgan fingerprint density at radius 2 is 1.07 bits per heavy atom. The standard InChI is InChI=1S/2C3H9N3.2HI/c2*1-5-3(4)6-2;;/h2*1-2H3,(H3,4,5,6);2*1H. The molecule has 6 N–H and O–H groups in total. The van der Waals surface area contributed by atoms with E-state index in [4.69, 9.17) is 11.5 Å². The molecule has 0 atom stereocenters. The second-order valence-corrected chi connectivity index (χ2v) is 1.72. The van der Waals surface area contributed by atoms with Gasteiger partial charge in [-0.3, -0.25) is 9.98 Å². The summed E-state index contributed by atoms with van der Waals surface area (Å²) in [5.74, 6) is 0.935. The molecule has 0 unspecified atom stereocenters. The number of nitrogens with zero attached hydrogens (tertiary/aromatic N) is 2. The van der Waals surface area contributed by atoms with Crippen LogP contribution in [0.1, 0.15) is 0 Å². The highest BCUT2D eigenvalue weighted by Gasteiger charge is 1.72. The molecule has 0 aromatic rings. The second kappa shape index (κ2) is 18.7. The first-order chi connectivity index (χ1) is 5.62. The van der Waals surface area contributed by atoms with Gasteiger partial charge in [-0.15, -0.1) is 48.0 Å². The van der Waals surface area contributed by atoms with E-state index in [9.17, 15) is 0 Å². The maximum Gasteiger partial charge on any atom is 0.188 e. The summed E-state index contributed by atoms with van der Waals surface area (Å²) in [5, 5.41) is 5.28. The topological polar surface area (TPSA) is 101 Å². The molecule has 0 aromatic carbocycles. The van der Waals surface area contributed by atoms with E-state index in [0.29, 0.717) is 11.9 Å². The lowest BCUT2D eigenvalue weighted by Gasteiger charge is -1.90. The molecule has 0 radical (unpaired) electrons. The van der Waals surface area contributed by atoms with Crippen molar-refractivity contribution in [1.29, 1.82) is 0 Å². The third-order valence-corrected chi connectivity index (χ3v) is 0.994. The van der Waals surface area contributed by atoms with E-state index >= 15 is 0 Å². The van der Waals surface area contributed by atoms with Gasteiger partial charge < -0.3 is 22.1 Å². The molecule has 88 valence electrons. The summed E-state index contributed by atoms with van der Waals surface area (Å²) in [5.41, 5.74) is 10.2. The van der Waals surface area contributed by atoms with Gasteiger partial charge in [-0.05, 0) is 0 Å². The van der Waals surface area contributed by atoms with Crippen molar-refractivity contribution in [1.82, 2.24) is 10.6 Å². The minimum Gasteiger partial charge on any atom is -0.370 e. The average Bonchev–Trinajstić information content (AvgIpc) is 2.16. The van der Waals surface area contributed by atoms with Crippen LogP contribution < -0.4 is 22.1 Å². The summed E-state index contributed by atoms with van der Waals surface area (Å²) in [6.45, 7) is 0. The molecule has 0 aliphatic heterocycles. The predicted octanol–water partition coefficient (Wildman–Crippen LogP) is -0.463. The van der Waals surface area contributed by atoms with Crippen LogP contribution in [0.5, 0.6) is 0 Å². The Bertz CT molecular complexity index is 140. The third kappa shape index (κ3) is 22.7. The maximum atomic E-state index is 5.11. The van der Waals surface area contributed by atoms with Crippen LogP contribution in [-0.4, -0.2) is 40.1 Å². The van der Waals surface area contributed by atoms with E-state index < -0.39 is 0 Å². The summed E-state index contributed by atoms with van der Waals surface area (Å²) in [6, 6.07) is 0. The molecule has 6 nitrogen and oxygen atoms in total.